The van der Waals surface area contributed by atoms with Crippen LogP contribution in [-0.2, 0) is 14.6 Å². The molecule has 0 spiro atoms. The second-order valence-corrected chi connectivity index (χ2v) is 7.38. The van der Waals surface area contributed by atoms with E-state index in [9.17, 15) is 13.2 Å². The van der Waals surface area contributed by atoms with Gasteiger partial charge in [0.05, 0.1) is 15.8 Å². The quantitative estimate of drug-likeness (QED) is 0.865. The molecule has 1 unspecified atom stereocenters. The first-order valence-corrected chi connectivity index (χ1v) is 8.88. The van der Waals surface area contributed by atoms with Gasteiger partial charge in [0.1, 0.15) is 0 Å². The number of amides is 1. The summed E-state index contributed by atoms with van der Waals surface area (Å²) in [6.07, 6.45) is 0.492. The van der Waals surface area contributed by atoms with Crippen molar-refractivity contribution in [2.75, 3.05) is 5.32 Å². The smallest absolute Gasteiger partial charge is 0.241 e. The zero-order valence-electron chi connectivity index (χ0n) is 12.5. The Labute approximate surface area is 140 Å². The molecule has 2 aromatic rings. The van der Waals surface area contributed by atoms with Gasteiger partial charge in [-0.2, -0.15) is 0 Å². The molecule has 1 amide bonds. The number of nitrogens with two attached hydrogens (primary N) is 1. The molecule has 0 bridgehead atoms. The summed E-state index contributed by atoms with van der Waals surface area (Å²) in [6, 6.07) is 11.4. The number of nitrogens with one attached hydrogen (secondary N) is 1. The molecule has 0 saturated heterocycles. The van der Waals surface area contributed by atoms with Gasteiger partial charge in [-0.3, -0.25) is 4.79 Å². The third kappa shape index (κ3) is 4.10. The van der Waals surface area contributed by atoms with Gasteiger partial charge in [-0.1, -0.05) is 30.7 Å². The Morgan fingerprint density at radius 2 is 1.78 bits per heavy atom. The summed E-state index contributed by atoms with van der Waals surface area (Å²) in [5.74, 6) is -0.357. The number of halogens is 1. The Hall–Kier alpha value is -1.89. The van der Waals surface area contributed by atoms with Gasteiger partial charge in [0, 0.05) is 10.7 Å². The van der Waals surface area contributed by atoms with Crippen molar-refractivity contribution in [1.29, 1.82) is 0 Å². The van der Waals surface area contributed by atoms with E-state index in [0.29, 0.717) is 17.1 Å². The van der Waals surface area contributed by atoms with Gasteiger partial charge in [0.15, 0.2) is 0 Å². The maximum atomic E-state index is 12.6. The van der Waals surface area contributed by atoms with Crippen molar-refractivity contribution in [3.05, 3.63) is 53.6 Å². The molecule has 0 fully saturated rings. The average molecular weight is 353 g/mol. The topological polar surface area (TPSA) is 89.3 Å². The molecule has 2 aromatic carbocycles. The minimum absolute atomic E-state index is 0.0719. The first-order chi connectivity index (χ1) is 10.8. The summed E-state index contributed by atoms with van der Waals surface area (Å²) in [6.45, 7) is 1.80. The number of rotatable bonds is 5. The van der Waals surface area contributed by atoms with Crippen molar-refractivity contribution in [2.45, 2.75) is 29.2 Å². The molecule has 5 nitrogen and oxygen atoms in total. The molecular weight excluding hydrogens is 336 g/mol. The number of carbonyl (C=O) groups is 1. The number of sulfone groups is 1. The zero-order chi connectivity index (χ0) is 17.0. The summed E-state index contributed by atoms with van der Waals surface area (Å²) in [7, 11) is -3.71. The second-order valence-electron chi connectivity index (χ2n) is 4.99. The van der Waals surface area contributed by atoms with Crippen molar-refractivity contribution in [3.63, 3.8) is 0 Å². The SMILES string of the molecule is CCC(N)C(=O)Nc1cccc(S(=O)(=O)c2cccc(Cl)c2)c1. The van der Waals surface area contributed by atoms with E-state index < -0.39 is 15.9 Å². The van der Waals surface area contributed by atoms with Crippen LogP contribution in [0.2, 0.25) is 5.02 Å². The predicted octanol–water partition coefficient (Wildman–Crippen LogP) is 2.85. The lowest BCUT2D eigenvalue weighted by Gasteiger charge is -2.11. The lowest BCUT2D eigenvalue weighted by molar-refractivity contribution is -0.117. The highest BCUT2D eigenvalue weighted by Gasteiger charge is 2.19. The minimum atomic E-state index is -3.71. The van der Waals surface area contributed by atoms with Gasteiger partial charge < -0.3 is 11.1 Å². The zero-order valence-corrected chi connectivity index (χ0v) is 14.1. The molecule has 1 atom stereocenters. The van der Waals surface area contributed by atoms with Crippen LogP contribution in [0.4, 0.5) is 5.69 Å². The van der Waals surface area contributed by atoms with Gasteiger partial charge in [0.2, 0.25) is 15.7 Å². The van der Waals surface area contributed by atoms with Crippen molar-refractivity contribution in [1.82, 2.24) is 0 Å². The normalized spacial score (nSPS) is 12.7. The molecule has 122 valence electrons. The lowest BCUT2D eigenvalue weighted by Crippen LogP contribution is -2.34. The van der Waals surface area contributed by atoms with E-state index in [1.165, 1.54) is 24.3 Å². The van der Waals surface area contributed by atoms with E-state index in [0.717, 1.165) is 0 Å². The molecule has 0 aromatic heterocycles. The number of hydrogen-bond acceptors (Lipinski definition) is 4. The molecule has 0 aliphatic heterocycles. The van der Waals surface area contributed by atoms with Crippen LogP contribution in [0, 0.1) is 0 Å². The Morgan fingerprint density at radius 3 is 2.39 bits per heavy atom. The molecule has 0 heterocycles. The molecule has 23 heavy (non-hydrogen) atoms. The van der Waals surface area contributed by atoms with Gasteiger partial charge in [-0.15, -0.1) is 0 Å². The van der Waals surface area contributed by atoms with Crippen LogP contribution < -0.4 is 11.1 Å². The van der Waals surface area contributed by atoms with Crippen LogP contribution in [0.25, 0.3) is 0 Å². The van der Waals surface area contributed by atoms with E-state index in [4.69, 9.17) is 17.3 Å². The molecule has 2 rings (SSSR count). The van der Waals surface area contributed by atoms with Crippen molar-refractivity contribution in [3.8, 4) is 0 Å². The highest BCUT2D eigenvalue weighted by atomic mass is 35.5. The molecule has 7 heteroatoms. The lowest BCUT2D eigenvalue weighted by atomic mass is 10.2. The summed E-state index contributed by atoms with van der Waals surface area (Å²) in [4.78, 5) is 12.0. The fourth-order valence-electron chi connectivity index (χ4n) is 1.93. The molecule has 3 N–H and O–H groups in total. The Kier molecular flexibility index (Phi) is 5.41. The Bertz CT molecular complexity index is 822. The van der Waals surface area contributed by atoms with E-state index in [-0.39, 0.29) is 15.7 Å². The summed E-state index contributed by atoms with van der Waals surface area (Å²) in [5.41, 5.74) is 6.03. The van der Waals surface area contributed by atoms with Crippen molar-refractivity contribution < 1.29 is 13.2 Å². The van der Waals surface area contributed by atoms with E-state index >= 15 is 0 Å². The van der Waals surface area contributed by atoms with Crippen LogP contribution in [-0.4, -0.2) is 20.4 Å². The fraction of sp³-hybridized carbons (Fsp3) is 0.188. The third-order valence-electron chi connectivity index (χ3n) is 3.29. The standard InChI is InChI=1S/C16H17ClN2O3S/c1-2-15(18)16(20)19-12-6-4-8-14(10-12)23(21,22)13-7-3-5-11(17)9-13/h3-10,15H,2,18H2,1H3,(H,19,20). The van der Waals surface area contributed by atoms with Crippen LogP contribution in [0.3, 0.4) is 0 Å². The molecular formula is C16H17ClN2O3S. The number of carbonyl (C=O) groups excluding carboxylic acids is 1. The molecule has 0 saturated carbocycles. The van der Waals surface area contributed by atoms with Gasteiger partial charge >= 0.3 is 0 Å². The van der Waals surface area contributed by atoms with Crippen molar-refractivity contribution >= 4 is 33.0 Å². The third-order valence-corrected chi connectivity index (χ3v) is 5.28. The monoisotopic (exact) mass is 352 g/mol. The maximum Gasteiger partial charge on any atom is 0.241 e. The molecule has 0 aliphatic carbocycles. The van der Waals surface area contributed by atoms with E-state index in [1.807, 2.05) is 0 Å². The van der Waals surface area contributed by atoms with Crippen molar-refractivity contribution in [2.24, 2.45) is 5.73 Å². The summed E-state index contributed by atoms with van der Waals surface area (Å²) in [5, 5.41) is 2.95. The predicted molar refractivity (Wildman–Crippen MR) is 90.2 cm³/mol. The van der Waals surface area contributed by atoms with Crippen LogP contribution in [0.1, 0.15) is 13.3 Å². The number of anilines is 1. The fourth-order valence-corrected chi connectivity index (χ4v) is 3.54. The summed E-state index contributed by atoms with van der Waals surface area (Å²) >= 11 is 5.85. The maximum absolute atomic E-state index is 12.6. The van der Waals surface area contributed by atoms with Gasteiger partial charge in [0.25, 0.3) is 0 Å². The van der Waals surface area contributed by atoms with Crippen LogP contribution in [0.5, 0.6) is 0 Å². The van der Waals surface area contributed by atoms with Gasteiger partial charge in [-0.25, -0.2) is 8.42 Å². The number of benzene rings is 2. The van der Waals surface area contributed by atoms with Crippen LogP contribution >= 0.6 is 11.6 Å². The Balaban J connectivity index is 2.34. The minimum Gasteiger partial charge on any atom is -0.325 e. The molecule has 0 radical (unpaired) electrons. The van der Waals surface area contributed by atoms with Gasteiger partial charge in [-0.05, 0) is 42.8 Å². The Morgan fingerprint density at radius 1 is 1.17 bits per heavy atom. The second kappa shape index (κ2) is 7.12. The first-order valence-electron chi connectivity index (χ1n) is 7.01. The largest absolute Gasteiger partial charge is 0.325 e. The highest BCUT2D eigenvalue weighted by Crippen LogP contribution is 2.25. The highest BCUT2D eigenvalue weighted by molar-refractivity contribution is 7.91. The molecule has 0 aliphatic rings. The first kappa shape index (κ1) is 17.5. The van der Waals surface area contributed by atoms with Crippen LogP contribution in [0.15, 0.2) is 58.3 Å². The number of hydrogen-bond donors (Lipinski definition) is 2. The van der Waals surface area contributed by atoms with E-state index in [2.05, 4.69) is 5.32 Å². The van der Waals surface area contributed by atoms with E-state index in [1.54, 1.807) is 31.2 Å². The average Bonchev–Trinajstić information content (AvgIpc) is 2.54. The summed E-state index contributed by atoms with van der Waals surface area (Å²) < 4.78 is 25.2.